The standard InChI is InChI=1S/C18H14N2O/c1-13-2-3-14-4-5-16(20-17(14)12-13)6-7-18(21)15-8-10-19-11-9-15/h2-12H,1H3/b7-6+. The molecular weight excluding hydrogens is 260 g/mol. The van der Waals surface area contributed by atoms with Crippen LogP contribution in [-0.4, -0.2) is 15.8 Å². The number of pyridine rings is 2. The number of hydrogen-bond acceptors (Lipinski definition) is 3. The van der Waals surface area contributed by atoms with Crippen molar-refractivity contribution in [1.29, 1.82) is 0 Å². The minimum atomic E-state index is -0.0523. The third kappa shape index (κ3) is 3.03. The molecule has 2 aromatic heterocycles. The summed E-state index contributed by atoms with van der Waals surface area (Å²) in [7, 11) is 0. The van der Waals surface area contributed by atoms with Gasteiger partial charge in [0, 0.05) is 23.3 Å². The largest absolute Gasteiger partial charge is 0.289 e. The smallest absolute Gasteiger partial charge is 0.186 e. The lowest BCUT2D eigenvalue weighted by atomic mass is 10.1. The van der Waals surface area contributed by atoms with E-state index in [-0.39, 0.29) is 5.78 Å². The highest BCUT2D eigenvalue weighted by Gasteiger charge is 2.01. The molecule has 21 heavy (non-hydrogen) atoms. The molecule has 3 heteroatoms. The van der Waals surface area contributed by atoms with Crippen molar-refractivity contribution in [2.45, 2.75) is 6.92 Å². The fourth-order valence-electron chi connectivity index (χ4n) is 2.11. The Balaban J connectivity index is 1.87. The number of benzene rings is 1. The molecule has 0 fully saturated rings. The molecule has 0 unspecified atom stereocenters. The Morgan fingerprint density at radius 2 is 1.81 bits per heavy atom. The van der Waals surface area contributed by atoms with Gasteiger partial charge >= 0.3 is 0 Å². The van der Waals surface area contributed by atoms with Crippen molar-refractivity contribution >= 4 is 22.8 Å². The topological polar surface area (TPSA) is 42.9 Å². The fourth-order valence-corrected chi connectivity index (χ4v) is 2.11. The van der Waals surface area contributed by atoms with Gasteiger partial charge in [-0.1, -0.05) is 18.2 Å². The maximum Gasteiger partial charge on any atom is 0.186 e. The molecule has 0 saturated heterocycles. The summed E-state index contributed by atoms with van der Waals surface area (Å²) in [5, 5.41) is 1.10. The zero-order valence-corrected chi connectivity index (χ0v) is 11.7. The maximum atomic E-state index is 12.0. The molecule has 0 atom stereocenters. The molecule has 0 aliphatic carbocycles. The normalized spacial score (nSPS) is 11.1. The Kier molecular flexibility index (Phi) is 3.56. The molecule has 0 radical (unpaired) electrons. The third-order valence-electron chi connectivity index (χ3n) is 3.24. The highest BCUT2D eigenvalue weighted by molar-refractivity contribution is 6.06. The van der Waals surface area contributed by atoms with Gasteiger partial charge in [0.15, 0.2) is 5.78 Å². The first-order valence-corrected chi connectivity index (χ1v) is 6.72. The van der Waals surface area contributed by atoms with E-state index in [2.05, 4.69) is 16.0 Å². The Labute approximate surface area is 123 Å². The number of carbonyl (C=O) groups excluding carboxylic acids is 1. The number of ketones is 1. The van der Waals surface area contributed by atoms with Crippen LogP contribution in [0.1, 0.15) is 21.6 Å². The maximum absolute atomic E-state index is 12.0. The van der Waals surface area contributed by atoms with Crippen LogP contribution in [0.15, 0.2) is 60.9 Å². The molecule has 0 amide bonds. The van der Waals surface area contributed by atoms with Crippen LogP contribution in [0.3, 0.4) is 0 Å². The number of rotatable bonds is 3. The average molecular weight is 274 g/mol. The molecule has 0 saturated carbocycles. The molecule has 0 aliphatic rings. The van der Waals surface area contributed by atoms with Gasteiger partial charge in [0.05, 0.1) is 11.2 Å². The van der Waals surface area contributed by atoms with Crippen LogP contribution in [-0.2, 0) is 0 Å². The van der Waals surface area contributed by atoms with Crippen LogP contribution < -0.4 is 0 Å². The number of aryl methyl sites for hydroxylation is 1. The predicted molar refractivity (Wildman–Crippen MR) is 84.1 cm³/mol. The molecule has 0 spiro atoms. The number of aromatic nitrogens is 2. The van der Waals surface area contributed by atoms with Gasteiger partial charge in [-0.05, 0) is 48.9 Å². The zero-order chi connectivity index (χ0) is 14.7. The lowest BCUT2D eigenvalue weighted by Gasteiger charge is -2.00. The molecule has 3 nitrogen and oxygen atoms in total. The second-order valence-corrected chi connectivity index (χ2v) is 4.87. The monoisotopic (exact) mass is 274 g/mol. The lowest BCUT2D eigenvalue weighted by Crippen LogP contribution is -1.94. The van der Waals surface area contributed by atoms with Crippen molar-refractivity contribution in [2.75, 3.05) is 0 Å². The first-order chi connectivity index (χ1) is 10.2. The van der Waals surface area contributed by atoms with Crippen LogP contribution in [0.4, 0.5) is 0 Å². The van der Waals surface area contributed by atoms with Gasteiger partial charge in [-0.25, -0.2) is 4.98 Å². The van der Waals surface area contributed by atoms with Crippen molar-refractivity contribution in [3.63, 3.8) is 0 Å². The first kappa shape index (κ1) is 13.2. The summed E-state index contributed by atoms with van der Waals surface area (Å²) in [4.78, 5) is 20.4. The van der Waals surface area contributed by atoms with Gasteiger partial charge < -0.3 is 0 Å². The predicted octanol–water partition coefficient (Wildman–Crippen LogP) is 3.83. The number of nitrogens with zero attached hydrogens (tertiary/aromatic N) is 2. The van der Waals surface area contributed by atoms with E-state index >= 15 is 0 Å². The summed E-state index contributed by atoms with van der Waals surface area (Å²) in [5.74, 6) is -0.0523. The number of carbonyl (C=O) groups is 1. The van der Waals surface area contributed by atoms with E-state index in [0.717, 1.165) is 16.6 Å². The van der Waals surface area contributed by atoms with Crippen molar-refractivity contribution in [1.82, 2.24) is 9.97 Å². The van der Waals surface area contributed by atoms with E-state index in [0.29, 0.717) is 5.56 Å². The van der Waals surface area contributed by atoms with Crippen molar-refractivity contribution < 1.29 is 4.79 Å². The van der Waals surface area contributed by atoms with Crippen molar-refractivity contribution in [2.24, 2.45) is 0 Å². The summed E-state index contributed by atoms with van der Waals surface area (Å²) in [6.07, 6.45) is 6.50. The Morgan fingerprint density at radius 1 is 1.05 bits per heavy atom. The van der Waals surface area contributed by atoms with Crippen molar-refractivity contribution in [3.05, 3.63) is 77.8 Å². The minimum Gasteiger partial charge on any atom is -0.289 e. The van der Waals surface area contributed by atoms with Crippen molar-refractivity contribution in [3.8, 4) is 0 Å². The van der Waals surface area contributed by atoms with Gasteiger partial charge in [0.1, 0.15) is 0 Å². The quantitative estimate of drug-likeness (QED) is 0.538. The zero-order valence-electron chi connectivity index (χ0n) is 11.7. The molecule has 0 bridgehead atoms. The Bertz CT molecular complexity index is 823. The molecular formula is C18H14N2O. The molecule has 0 N–H and O–H groups in total. The van der Waals surface area contributed by atoms with Gasteiger partial charge in [0.2, 0.25) is 0 Å². The van der Waals surface area contributed by atoms with E-state index in [4.69, 9.17) is 0 Å². The Morgan fingerprint density at radius 3 is 2.62 bits per heavy atom. The van der Waals surface area contributed by atoms with E-state index in [9.17, 15) is 4.79 Å². The van der Waals surface area contributed by atoms with Gasteiger partial charge in [-0.15, -0.1) is 0 Å². The van der Waals surface area contributed by atoms with Gasteiger partial charge in [0.25, 0.3) is 0 Å². The first-order valence-electron chi connectivity index (χ1n) is 6.72. The van der Waals surface area contributed by atoms with Crippen LogP contribution in [0.5, 0.6) is 0 Å². The molecule has 3 rings (SSSR count). The Hall–Kier alpha value is -2.81. The van der Waals surface area contributed by atoms with Gasteiger partial charge in [-0.2, -0.15) is 0 Å². The lowest BCUT2D eigenvalue weighted by molar-refractivity contribution is 0.104. The van der Waals surface area contributed by atoms with Crippen LogP contribution in [0.2, 0.25) is 0 Å². The van der Waals surface area contributed by atoms with Crippen LogP contribution in [0.25, 0.3) is 17.0 Å². The second kappa shape index (κ2) is 5.67. The molecule has 3 aromatic rings. The molecule has 1 aromatic carbocycles. The van der Waals surface area contributed by atoms with E-state index in [1.54, 1.807) is 36.7 Å². The number of allylic oxidation sites excluding steroid dienone is 1. The number of hydrogen-bond donors (Lipinski definition) is 0. The highest BCUT2D eigenvalue weighted by atomic mass is 16.1. The van der Waals surface area contributed by atoms with E-state index in [1.165, 1.54) is 5.56 Å². The van der Waals surface area contributed by atoms with E-state index < -0.39 is 0 Å². The minimum absolute atomic E-state index is 0.0523. The van der Waals surface area contributed by atoms with Gasteiger partial charge in [-0.3, -0.25) is 9.78 Å². The number of fused-ring (bicyclic) bond motifs is 1. The van der Waals surface area contributed by atoms with E-state index in [1.807, 2.05) is 31.2 Å². The summed E-state index contributed by atoms with van der Waals surface area (Å²) < 4.78 is 0. The average Bonchev–Trinajstić information content (AvgIpc) is 2.53. The van der Waals surface area contributed by atoms with Crippen LogP contribution in [0, 0.1) is 6.92 Å². The third-order valence-corrected chi connectivity index (χ3v) is 3.24. The highest BCUT2D eigenvalue weighted by Crippen LogP contribution is 2.15. The second-order valence-electron chi connectivity index (χ2n) is 4.87. The summed E-state index contributed by atoms with van der Waals surface area (Å²) in [5.41, 5.74) is 3.51. The SMILES string of the molecule is Cc1ccc2ccc(/C=C/C(=O)c3ccncc3)nc2c1. The molecule has 0 aliphatic heterocycles. The fraction of sp³-hybridized carbons (Fsp3) is 0.0556. The molecule has 2 heterocycles. The summed E-state index contributed by atoms with van der Waals surface area (Å²) >= 11 is 0. The molecule has 102 valence electrons. The summed E-state index contributed by atoms with van der Waals surface area (Å²) in [6, 6.07) is 13.5. The van der Waals surface area contributed by atoms with Crippen LogP contribution >= 0.6 is 0 Å². The summed E-state index contributed by atoms with van der Waals surface area (Å²) in [6.45, 7) is 2.04.